The molecule has 0 aromatic heterocycles. The molecular weight excluding hydrogens is 288 g/mol. The highest BCUT2D eigenvalue weighted by Crippen LogP contribution is 2.35. The molecule has 1 atom stereocenters. The Balaban J connectivity index is 1.86. The lowest BCUT2D eigenvalue weighted by molar-refractivity contribution is 0.0697. The van der Waals surface area contributed by atoms with Crippen LogP contribution in [-0.4, -0.2) is 11.1 Å². The number of carbonyl (C=O) groups is 1. The summed E-state index contributed by atoms with van der Waals surface area (Å²) >= 11 is 5.88. The molecule has 0 aliphatic heterocycles. The minimum Gasteiger partial charge on any atom is -0.478 e. The van der Waals surface area contributed by atoms with E-state index in [0.29, 0.717) is 0 Å². The van der Waals surface area contributed by atoms with Gasteiger partial charge in [0.05, 0.1) is 16.6 Å². The number of aromatic carboxylic acids is 1. The normalized spacial score (nSPS) is 16.5. The fourth-order valence-electron chi connectivity index (χ4n) is 2.77. The summed E-state index contributed by atoms with van der Waals surface area (Å²) in [6.45, 7) is 0. The molecule has 1 aliphatic carbocycles. The summed E-state index contributed by atoms with van der Waals surface area (Å²) < 4.78 is 0. The SMILES string of the molecule is Nc1ccc2c(c1)CCC2Nc1ccc(Cl)c(C(=O)O)c1. The molecule has 1 aliphatic rings. The van der Waals surface area contributed by atoms with Gasteiger partial charge in [-0.05, 0) is 54.3 Å². The van der Waals surface area contributed by atoms with Crippen molar-refractivity contribution in [2.45, 2.75) is 18.9 Å². The second kappa shape index (κ2) is 5.30. The average Bonchev–Trinajstić information content (AvgIpc) is 2.83. The summed E-state index contributed by atoms with van der Waals surface area (Å²) in [6.07, 6.45) is 1.93. The molecule has 1 unspecified atom stereocenters. The van der Waals surface area contributed by atoms with Crippen LogP contribution in [0.4, 0.5) is 11.4 Å². The summed E-state index contributed by atoms with van der Waals surface area (Å²) in [5, 5.41) is 12.7. The number of rotatable bonds is 3. The van der Waals surface area contributed by atoms with Crippen molar-refractivity contribution in [2.75, 3.05) is 11.1 Å². The van der Waals surface area contributed by atoms with E-state index in [1.165, 1.54) is 11.1 Å². The lowest BCUT2D eigenvalue weighted by Crippen LogP contribution is -2.08. The smallest absolute Gasteiger partial charge is 0.337 e. The molecule has 0 saturated heterocycles. The Labute approximate surface area is 127 Å². The van der Waals surface area contributed by atoms with E-state index in [1.54, 1.807) is 18.2 Å². The minimum absolute atomic E-state index is 0.109. The third-order valence-corrected chi connectivity index (χ3v) is 4.11. The highest BCUT2D eigenvalue weighted by molar-refractivity contribution is 6.33. The van der Waals surface area contributed by atoms with Crippen molar-refractivity contribution in [2.24, 2.45) is 0 Å². The summed E-state index contributed by atoms with van der Waals surface area (Å²) in [7, 11) is 0. The van der Waals surface area contributed by atoms with Crippen molar-refractivity contribution in [3.05, 3.63) is 58.1 Å². The molecule has 0 bridgehead atoms. The number of hydrogen-bond donors (Lipinski definition) is 3. The number of benzene rings is 2. The fraction of sp³-hybridized carbons (Fsp3) is 0.188. The van der Waals surface area contributed by atoms with Gasteiger partial charge in [-0.1, -0.05) is 17.7 Å². The van der Waals surface area contributed by atoms with Crippen LogP contribution in [0.15, 0.2) is 36.4 Å². The van der Waals surface area contributed by atoms with Gasteiger partial charge in [-0.25, -0.2) is 4.79 Å². The number of carboxylic acid groups (broad SMARTS) is 1. The number of nitrogens with one attached hydrogen (secondary N) is 1. The van der Waals surface area contributed by atoms with Gasteiger partial charge in [-0.2, -0.15) is 0 Å². The molecular formula is C16H15ClN2O2. The predicted molar refractivity (Wildman–Crippen MR) is 84.0 cm³/mol. The Hall–Kier alpha value is -2.20. The highest BCUT2D eigenvalue weighted by atomic mass is 35.5. The molecule has 5 heteroatoms. The topological polar surface area (TPSA) is 75.3 Å². The summed E-state index contributed by atoms with van der Waals surface area (Å²) in [4.78, 5) is 11.1. The van der Waals surface area contributed by atoms with Crippen LogP contribution in [-0.2, 0) is 6.42 Å². The van der Waals surface area contributed by atoms with E-state index >= 15 is 0 Å². The van der Waals surface area contributed by atoms with E-state index in [4.69, 9.17) is 22.4 Å². The van der Waals surface area contributed by atoms with Crippen LogP contribution >= 0.6 is 11.6 Å². The third kappa shape index (κ3) is 2.67. The van der Waals surface area contributed by atoms with E-state index in [1.807, 2.05) is 18.2 Å². The third-order valence-electron chi connectivity index (χ3n) is 3.78. The van der Waals surface area contributed by atoms with Crippen LogP contribution in [0.2, 0.25) is 5.02 Å². The molecule has 0 amide bonds. The van der Waals surface area contributed by atoms with Gasteiger partial charge >= 0.3 is 5.97 Å². The number of fused-ring (bicyclic) bond motifs is 1. The number of anilines is 2. The van der Waals surface area contributed by atoms with Crippen molar-refractivity contribution in [1.29, 1.82) is 0 Å². The highest BCUT2D eigenvalue weighted by Gasteiger charge is 2.22. The zero-order valence-electron chi connectivity index (χ0n) is 11.3. The van der Waals surface area contributed by atoms with Gasteiger partial charge < -0.3 is 16.2 Å². The molecule has 0 heterocycles. The molecule has 3 rings (SSSR count). The molecule has 0 fully saturated rings. The number of hydrogen-bond acceptors (Lipinski definition) is 3. The van der Waals surface area contributed by atoms with Crippen LogP contribution in [0.1, 0.15) is 33.9 Å². The maximum Gasteiger partial charge on any atom is 0.337 e. The zero-order chi connectivity index (χ0) is 15.0. The first-order chi connectivity index (χ1) is 10.0. The van der Waals surface area contributed by atoms with Gasteiger partial charge in [0.25, 0.3) is 0 Å². The Morgan fingerprint density at radius 2 is 2.10 bits per heavy atom. The van der Waals surface area contributed by atoms with Crippen molar-refractivity contribution in [1.82, 2.24) is 0 Å². The summed E-state index contributed by atoms with van der Waals surface area (Å²) in [6, 6.07) is 11.1. The second-order valence-corrected chi connectivity index (χ2v) is 5.60. The van der Waals surface area contributed by atoms with Gasteiger partial charge in [0.15, 0.2) is 0 Å². The molecule has 4 N–H and O–H groups in total. The van der Waals surface area contributed by atoms with Crippen molar-refractivity contribution >= 4 is 28.9 Å². The largest absolute Gasteiger partial charge is 0.478 e. The number of halogens is 1. The lowest BCUT2D eigenvalue weighted by atomic mass is 10.1. The molecule has 0 saturated carbocycles. The van der Waals surface area contributed by atoms with E-state index in [-0.39, 0.29) is 16.6 Å². The van der Waals surface area contributed by atoms with Gasteiger partial charge in [-0.15, -0.1) is 0 Å². The van der Waals surface area contributed by atoms with Crippen LogP contribution in [0.5, 0.6) is 0 Å². The average molecular weight is 303 g/mol. The van der Waals surface area contributed by atoms with E-state index in [0.717, 1.165) is 24.2 Å². The van der Waals surface area contributed by atoms with Gasteiger partial charge in [0.2, 0.25) is 0 Å². The molecule has 2 aromatic rings. The maximum atomic E-state index is 11.1. The quantitative estimate of drug-likeness (QED) is 0.755. The first-order valence-corrected chi connectivity index (χ1v) is 7.10. The Morgan fingerprint density at radius 3 is 2.86 bits per heavy atom. The van der Waals surface area contributed by atoms with Gasteiger partial charge in [0.1, 0.15) is 0 Å². The van der Waals surface area contributed by atoms with Gasteiger partial charge in [0, 0.05) is 11.4 Å². The van der Waals surface area contributed by atoms with E-state index in [9.17, 15) is 4.79 Å². The monoisotopic (exact) mass is 302 g/mol. The number of aryl methyl sites for hydroxylation is 1. The molecule has 0 radical (unpaired) electrons. The predicted octanol–water partition coefficient (Wildman–Crippen LogP) is 3.72. The van der Waals surface area contributed by atoms with Crippen LogP contribution in [0, 0.1) is 0 Å². The molecule has 21 heavy (non-hydrogen) atoms. The number of nitrogen functional groups attached to an aromatic ring is 1. The first-order valence-electron chi connectivity index (χ1n) is 6.72. The summed E-state index contributed by atoms with van der Waals surface area (Å²) in [5.41, 5.74) is 9.90. The Kier molecular flexibility index (Phi) is 3.47. The minimum atomic E-state index is -1.02. The number of carboxylic acids is 1. The number of nitrogens with two attached hydrogens (primary N) is 1. The molecule has 0 spiro atoms. The fourth-order valence-corrected chi connectivity index (χ4v) is 2.97. The van der Waals surface area contributed by atoms with Crippen LogP contribution in [0.3, 0.4) is 0 Å². The summed E-state index contributed by atoms with van der Waals surface area (Å²) in [5.74, 6) is -1.02. The zero-order valence-corrected chi connectivity index (χ0v) is 12.0. The van der Waals surface area contributed by atoms with Crippen molar-refractivity contribution in [3.63, 3.8) is 0 Å². The second-order valence-electron chi connectivity index (χ2n) is 5.19. The van der Waals surface area contributed by atoms with Crippen LogP contribution in [0.25, 0.3) is 0 Å². The van der Waals surface area contributed by atoms with Crippen molar-refractivity contribution in [3.8, 4) is 0 Å². The lowest BCUT2D eigenvalue weighted by Gasteiger charge is -2.16. The first kappa shape index (κ1) is 13.8. The van der Waals surface area contributed by atoms with Gasteiger partial charge in [-0.3, -0.25) is 0 Å². The maximum absolute atomic E-state index is 11.1. The van der Waals surface area contributed by atoms with E-state index < -0.39 is 5.97 Å². The molecule has 4 nitrogen and oxygen atoms in total. The van der Waals surface area contributed by atoms with Crippen molar-refractivity contribution < 1.29 is 9.90 Å². The molecule has 108 valence electrons. The molecule has 2 aromatic carbocycles. The van der Waals surface area contributed by atoms with E-state index in [2.05, 4.69) is 5.32 Å². The Morgan fingerprint density at radius 1 is 1.29 bits per heavy atom. The van der Waals surface area contributed by atoms with Crippen LogP contribution < -0.4 is 11.1 Å². The Bertz CT molecular complexity index is 715. The standard InChI is InChI=1S/C16H15ClN2O2/c17-14-5-3-11(8-13(14)16(20)21)19-15-6-1-9-7-10(18)2-4-12(9)15/h2-5,7-8,15,19H,1,6,18H2,(H,20,21).